The lowest BCUT2D eigenvalue weighted by Crippen LogP contribution is -2.38. The van der Waals surface area contributed by atoms with Crippen molar-refractivity contribution in [1.82, 2.24) is 15.2 Å². The number of halogens is 4. The maximum Gasteiger partial charge on any atom is 0.422 e. The van der Waals surface area contributed by atoms with Crippen LogP contribution in [0.15, 0.2) is 47.7 Å². The minimum atomic E-state index is -4.40. The van der Waals surface area contributed by atoms with E-state index in [-0.39, 0.29) is 35.5 Å². The Kier molecular flexibility index (Phi) is 9.97. The third-order valence-electron chi connectivity index (χ3n) is 3.63. The molecule has 0 saturated heterocycles. The van der Waals surface area contributed by atoms with Gasteiger partial charge in [-0.05, 0) is 29.8 Å². The predicted molar refractivity (Wildman–Crippen MR) is 113 cm³/mol. The minimum absolute atomic E-state index is 0. The molecule has 0 amide bonds. The number of alkyl halides is 3. The molecular weight excluding hydrogens is 488 g/mol. The van der Waals surface area contributed by atoms with Gasteiger partial charge in [-0.3, -0.25) is 4.99 Å². The molecule has 156 valence electrons. The van der Waals surface area contributed by atoms with E-state index in [1.807, 2.05) is 29.1 Å². The van der Waals surface area contributed by atoms with Crippen molar-refractivity contribution in [1.29, 1.82) is 0 Å². The van der Waals surface area contributed by atoms with E-state index in [1.165, 1.54) is 13.2 Å². The van der Waals surface area contributed by atoms with Crippen molar-refractivity contribution in [3.8, 4) is 11.5 Å². The Labute approximate surface area is 179 Å². The van der Waals surface area contributed by atoms with Crippen LogP contribution in [-0.4, -0.2) is 44.0 Å². The highest BCUT2D eigenvalue weighted by Gasteiger charge is 2.29. The highest BCUT2D eigenvalue weighted by Crippen LogP contribution is 2.29. The van der Waals surface area contributed by atoms with Crippen molar-refractivity contribution in [2.24, 2.45) is 4.99 Å². The highest BCUT2D eigenvalue weighted by atomic mass is 127. The summed E-state index contributed by atoms with van der Waals surface area (Å²) >= 11 is 0. The fraction of sp³-hybridized carbons (Fsp3) is 0.389. The van der Waals surface area contributed by atoms with Crippen LogP contribution in [0.4, 0.5) is 13.2 Å². The van der Waals surface area contributed by atoms with Gasteiger partial charge in [0.25, 0.3) is 0 Å². The van der Waals surface area contributed by atoms with Gasteiger partial charge >= 0.3 is 6.18 Å². The average Bonchev–Trinajstić information content (AvgIpc) is 3.15. The van der Waals surface area contributed by atoms with Crippen molar-refractivity contribution in [2.45, 2.75) is 19.3 Å². The van der Waals surface area contributed by atoms with Crippen molar-refractivity contribution in [3.05, 3.63) is 48.3 Å². The van der Waals surface area contributed by atoms with E-state index in [2.05, 4.69) is 15.6 Å². The van der Waals surface area contributed by atoms with Gasteiger partial charge in [-0.25, -0.2) is 0 Å². The molecule has 0 aliphatic rings. The van der Waals surface area contributed by atoms with Crippen LogP contribution in [0, 0.1) is 0 Å². The number of guanidine groups is 1. The molecule has 2 aromatic rings. The summed E-state index contributed by atoms with van der Waals surface area (Å²) in [6, 6.07) is 8.69. The Morgan fingerprint density at radius 1 is 1.14 bits per heavy atom. The van der Waals surface area contributed by atoms with Gasteiger partial charge in [0.2, 0.25) is 0 Å². The van der Waals surface area contributed by atoms with Gasteiger partial charge in [-0.15, -0.1) is 24.0 Å². The van der Waals surface area contributed by atoms with Crippen LogP contribution in [0.2, 0.25) is 0 Å². The second-order valence-electron chi connectivity index (χ2n) is 5.66. The number of methoxy groups -OCH3 is 1. The zero-order chi connectivity index (χ0) is 19.7. The molecule has 1 aromatic carbocycles. The first kappa shape index (κ1) is 23.9. The number of aliphatic imine (C=N–C) groups is 1. The predicted octanol–water partition coefficient (Wildman–Crippen LogP) is 3.42. The monoisotopic (exact) mass is 512 g/mol. The summed E-state index contributed by atoms with van der Waals surface area (Å²) in [5, 5.41) is 6.34. The first-order valence-electron chi connectivity index (χ1n) is 8.33. The van der Waals surface area contributed by atoms with Gasteiger partial charge in [0.15, 0.2) is 24.1 Å². The van der Waals surface area contributed by atoms with Gasteiger partial charge in [0.1, 0.15) is 0 Å². The lowest BCUT2D eigenvalue weighted by atomic mass is 10.2. The molecule has 10 heteroatoms. The number of nitrogens with one attached hydrogen (secondary N) is 2. The van der Waals surface area contributed by atoms with Gasteiger partial charge < -0.3 is 24.7 Å². The summed E-state index contributed by atoms with van der Waals surface area (Å²) in [4.78, 5) is 4.14. The summed E-state index contributed by atoms with van der Waals surface area (Å²) in [5.74, 6) is 0.917. The Morgan fingerprint density at radius 3 is 2.46 bits per heavy atom. The Morgan fingerprint density at radius 2 is 1.86 bits per heavy atom. The fourth-order valence-corrected chi connectivity index (χ4v) is 2.33. The van der Waals surface area contributed by atoms with Crippen molar-refractivity contribution >= 4 is 29.9 Å². The topological polar surface area (TPSA) is 59.8 Å². The van der Waals surface area contributed by atoms with Crippen LogP contribution in [0.1, 0.15) is 5.56 Å². The van der Waals surface area contributed by atoms with Gasteiger partial charge in [0.05, 0.1) is 7.11 Å². The first-order valence-corrected chi connectivity index (χ1v) is 8.33. The van der Waals surface area contributed by atoms with Gasteiger partial charge in [-0.2, -0.15) is 13.2 Å². The van der Waals surface area contributed by atoms with Crippen LogP contribution in [-0.2, 0) is 13.1 Å². The number of rotatable bonds is 8. The van der Waals surface area contributed by atoms with Crippen molar-refractivity contribution in [3.63, 3.8) is 0 Å². The smallest absolute Gasteiger partial charge is 0.422 e. The summed E-state index contributed by atoms with van der Waals surface area (Å²) in [6.07, 6.45) is -0.441. The zero-order valence-electron chi connectivity index (χ0n) is 15.6. The van der Waals surface area contributed by atoms with E-state index in [0.717, 1.165) is 12.1 Å². The average molecular weight is 512 g/mol. The molecule has 6 nitrogen and oxygen atoms in total. The molecule has 0 atom stereocenters. The molecule has 0 aliphatic carbocycles. The van der Waals surface area contributed by atoms with Crippen molar-refractivity contribution in [2.75, 3.05) is 27.3 Å². The van der Waals surface area contributed by atoms with E-state index in [9.17, 15) is 13.2 Å². The number of aromatic nitrogens is 1. The highest BCUT2D eigenvalue weighted by molar-refractivity contribution is 14.0. The molecule has 1 heterocycles. The summed E-state index contributed by atoms with van der Waals surface area (Å²) < 4.78 is 48.8. The number of hydrogen-bond acceptors (Lipinski definition) is 3. The molecule has 0 bridgehead atoms. The minimum Gasteiger partial charge on any atom is -0.493 e. The molecule has 28 heavy (non-hydrogen) atoms. The third-order valence-corrected chi connectivity index (χ3v) is 3.63. The Balaban J connectivity index is 0.00000392. The molecule has 0 saturated carbocycles. The van der Waals surface area contributed by atoms with E-state index in [1.54, 1.807) is 19.2 Å². The SMILES string of the molecule is CN=C(NCCn1cccc1)NCc1ccc(OCC(F)(F)F)c(OC)c1.I. The van der Waals surface area contributed by atoms with Crippen LogP contribution in [0.5, 0.6) is 11.5 Å². The van der Waals surface area contributed by atoms with Crippen LogP contribution in [0.25, 0.3) is 0 Å². The molecule has 0 radical (unpaired) electrons. The van der Waals surface area contributed by atoms with Crippen LogP contribution < -0.4 is 20.1 Å². The lowest BCUT2D eigenvalue weighted by molar-refractivity contribution is -0.153. The van der Waals surface area contributed by atoms with E-state index in [4.69, 9.17) is 9.47 Å². The Bertz CT molecular complexity index is 737. The van der Waals surface area contributed by atoms with Crippen molar-refractivity contribution < 1.29 is 22.6 Å². The fourth-order valence-electron chi connectivity index (χ4n) is 2.33. The molecule has 2 rings (SSSR count). The van der Waals surface area contributed by atoms with Gasteiger partial charge in [-0.1, -0.05) is 6.07 Å². The summed E-state index contributed by atoms with van der Waals surface area (Å²) in [7, 11) is 3.05. The molecule has 2 N–H and O–H groups in total. The van der Waals surface area contributed by atoms with Gasteiger partial charge in [0, 0.05) is 39.1 Å². The maximum absolute atomic E-state index is 12.3. The summed E-state index contributed by atoms with van der Waals surface area (Å²) in [6.45, 7) is 0.562. The second kappa shape index (κ2) is 11.7. The number of hydrogen-bond donors (Lipinski definition) is 2. The number of nitrogens with zero attached hydrogens (tertiary/aromatic N) is 2. The molecule has 0 spiro atoms. The number of ether oxygens (including phenoxy) is 2. The molecule has 0 fully saturated rings. The standard InChI is InChI=1S/C18H23F3N4O2.HI/c1-22-17(23-7-10-25-8-3-4-9-25)24-12-14-5-6-15(16(11-14)26-2)27-13-18(19,20)21;/h3-6,8-9,11H,7,10,12-13H2,1-2H3,(H2,22,23,24);1H. The second-order valence-corrected chi connectivity index (χ2v) is 5.66. The third kappa shape index (κ3) is 8.28. The van der Waals surface area contributed by atoms with E-state index < -0.39 is 12.8 Å². The molecule has 1 aromatic heterocycles. The first-order chi connectivity index (χ1) is 12.9. The molecular formula is C18H24F3IN4O2. The molecule has 0 unspecified atom stereocenters. The quantitative estimate of drug-likeness (QED) is 0.324. The largest absolute Gasteiger partial charge is 0.493 e. The zero-order valence-corrected chi connectivity index (χ0v) is 18.0. The van der Waals surface area contributed by atoms with E-state index in [0.29, 0.717) is 19.0 Å². The van der Waals surface area contributed by atoms with Crippen LogP contribution in [0.3, 0.4) is 0 Å². The maximum atomic E-state index is 12.3. The normalized spacial score (nSPS) is 11.5. The summed E-state index contributed by atoms with van der Waals surface area (Å²) in [5.41, 5.74) is 0.819. The van der Waals surface area contributed by atoms with Crippen LogP contribution >= 0.6 is 24.0 Å². The van der Waals surface area contributed by atoms with E-state index >= 15 is 0 Å². The lowest BCUT2D eigenvalue weighted by Gasteiger charge is -2.15. The number of benzene rings is 1. The Hall–Kier alpha value is -2.11. The molecule has 0 aliphatic heterocycles.